The van der Waals surface area contributed by atoms with Gasteiger partial charge in [0.2, 0.25) is 0 Å². The van der Waals surface area contributed by atoms with Crippen LogP contribution in [0.15, 0.2) is 84.9 Å². The van der Waals surface area contributed by atoms with Gasteiger partial charge in [-0.25, -0.2) is 0 Å². The first-order valence-corrected chi connectivity index (χ1v) is 13.5. The highest BCUT2D eigenvalue weighted by atomic mass is 16.5. The number of hydrogen-bond acceptors (Lipinski definition) is 3. The Labute approximate surface area is 210 Å². The largest absolute Gasteiger partial charge is 0.495 e. The van der Waals surface area contributed by atoms with Crippen LogP contribution in [-0.2, 0) is 0 Å². The minimum absolute atomic E-state index is 0.338. The van der Waals surface area contributed by atoms with Gasteiger partial charge in [-0.1, -0.05) is 85.6 Å². The SMILES string of the molecule is COc1ccccc1N(C)C1C2CCN(C3CCCCC23)[C@H]1C(c1ccccc1)c1ccccc1. The summed E-state index contributed by atoms with van der Waals surface area (Å²) < 4.78 is 5.85. The first-order valence-electron chi connectivity index (χ1n) is 13.5. The molecule has 0 radical (unpaired) electrons. The molecule has 35 heavy (non-hydrogen) atoms. The van der Waals surface area contributed by atoms with Crippen LogP contribution in [0.5, 0.6) is 5.75 Å². The fourth-order valence-corrected chi connectivity index (χ4v) is 7.87. The van der Waals surface area contributed by atoms with E-state index in [4.69, 9.17) is 4.74 Å². The predicted molar refractivity (Wildman–Crippen MR) is 144 cm³/mol. The molecule has 3 aromatic carbocycles. The minimum atomic E-state index is 0.338. The molecule has 6 atom stereocenters. The van der Waals surface area contributed by atoms with Gasteiger partial charge >= 0.3 is 0 Å². The van der Waals surface area contributed by atoms with Crippen LogP contribution in [0, 0.1) is 11.8 Å². The molecule has 0 spiro atoms. The lowest BCUT2D eigenvalue weighted by Gasteiger charge is -2.64. The van der Waals surface area contributed by atoms with Crippen LogP contribution in [0.25, 0.3) is 0 Å². The van der Waals surface area contributed by atoms with E-state index in [0.717, 1.165) is 17.7 Å². The van der Waals surface area contributed by atoms with Gasteiger partial charge in [0.05, 0.1) is 12.8 Å². The Bertz CT molecular complexity index is 1080. The zero-order valence-electron chi connectivity index (χ0n) is 21.1. The van der Waals surface area contributed by atoms with E-state index in [0.29, 0.717) is 23.9 Å². The van der Waals surface area contributed by atoms with E-state index in [1.807, 2.05) is 0 Å². The van der Waals surface area contributed by atoms with E-state index in [1.165, 1.54) is 55.5 Å². The number of hydrogen-bond donors (Lipinski definition) is 0. The molecule has 3 aromatic rings. The zero-order valence-corrected chi connectivity index (χ0v) is 21.1. The summed E-state index contributed by atoms with van der Waals surface area (Å²) in [6, 6.07) is 32.7. The lowest BCUT2D eigenvalue weighted by molar-refractivity contribution is -0.0894. The highest BCUT2D eigenvalue weighted by molar-refractivity contribution is 5.59. The number of fused-ring (bicyclic) bond motifs is 2. The molecule has 3 heteroatoms. The van der Waals surface area contributed by atoms with Crippen molar-refractivity contribution in [3.63, 3.8) is 0 Å². The van der Waals surface area contributed by atoms with Crippen LogP contribution >= 0.6 is 0 Å². The molecule has 0 aromatic heterocycles. The molecule has 2 bridgehead atoms. The summed E-state index contributed by atoms with van der Waals surface area (Å²) >= 11 is 0. The second-order valence-corrected chi connectivity index (χ2v) is 10.8. The fourth-order valence-electron chi connectivity index (χ4n) is 7.87. The monoisotopic (exact) mass is 466 g/mol. The van der Waals surface area contributed by atoms with E-state index >= 15 is 0 Å². The van der Waals surface area contributed by atoms with Crippen molar-refractivity contribution in [3.8, 4) is 5.75 Å². The number of nitrogens with zero attached hydrogens (tertiary/aromatic N) is 2. The molecule has 3 heterocycles. The highest BCUT2D eigenvalue weighted by Gasteiger charge is 2.56. The smallest absolute Gasteiger partial charge is 0.142 e. The number of anilines is 1. The average Bonchev–Trinajstić information content (AvgIpc) is 2.94. The number of rotatable bonds is 6. The lowest BCUT2D eigenvalue weighted by atomic mass is 9.60. The summed E-state index contributed by atoms with van der Waals surface area (Å²) in [5, 5.41) is 0. The quantitative estimate of drug-likeness (QED) is 0.407. The Balaban J connectivity index is 1.51. The first kappa shape index (κ1) is 22.7. The summed E-state index contributed by atoms with van der Waals surface area (Å²) in [5.74, 6) is 2.83. The molecule has 7 rings (SSSR count). The molecule has 3 nitrogen and oxygen atoms in total. The van der Waals surface area contributed by atoms with Crippen LogP contribution in [0.2, 0.25) is 0 Å². The van der Waals surface area contributed by atoms with Crippen LogP contribution in [-0.4, -0.2) is 43.7 Å². The van der Waals surface area contributed by atoms with Gasteiger partial charge in [-0.3, -0.25) is 4.90 Å². The van der Waals surface area contributed by atoms with Gasteiger partial charge in [-0.2, -0.15) is 0 Å². The Morgan fingerprint density at radius 3 is 2.09 bits per heavy atom. The van der Waals surface area contributed by atoms with Crippen molar-refractivity contribution in [2.75, 3.05) is 25.6 Å². The molecule has 1 saturated carbocycles. The third-order valence-corrected chi connectivity index (χ3v) is 9.22. The predicted octanol–water partition coefficient (Wildman–Crippen LogP) is 6.60. The third-order valence-electron chi connectivity index (χ3n) is 9.22. The number of ether oxygens (including phenoxy) is 1. The van der Waals surface area contributed by atoms with E-state index in [-0.39, 0.29) is 0 Å². The van der Waals surface area contributed by atoms with Gasteiger partial charge in [0.1, 0.15) is 5.75 Å². The Morgan fingerprint density at radius 1 is 0.771 bits per heavy atom. The second-order valence-electron chi connectivity index (χ2n) is 10.8. The molecule has 1 aliphatic carbocycles. The fraction of sp³-hybridized carbons (Fsp3) is 0.438. The number of para-hydroxylation sites is 2. The Kier molecular flexibility index (Phi) is 6.28. The van der Waals surface area contributed by atoms with E-state index in [1.54, 1.807) is 7.11 Å². The van der Waals surface area contributed by atoms with Crippen molar-refractivity contribution in [1.29, 1.82) is 0 Å². The van der Waals surface area contributed by atoms with E-state index in [9.17, 15) is 0 Å². The van der Waals surface area contributed by atoms with E-state index < -0.39 is 0 Å². The molecule has 0 N–H and O–H groups in total. The number of benzene rings is 3. The number of likely N-dealkylation sites (N-methyl/N-ethyl adjacent to an activating group) is 1. The van der Waals surface area contributed by atoms with Crippen molar-refractivity contribution < 1.29 is 4.74 Å². The molecular weight excluding hydrogens is 428 g/mol. The number of methoxy groups -OCH3 is 1. The van der Waals surface area contributed by atoms with E-state index in [2.05, 4.69) is 102 Å². The van der Waals surface area contributed by atoms with Crippen LogP contribution in [0.1, 0.15) is 49.1 Å². The zero-order chi connectivity index (χ0) is 23.8. The minimum Gasteiger partial charge on any atom is -0.495 e. The topological polar surface area (TPSA) is 15.7 Å². The molecule has 0 amide bonds. The summed E-state index contributed by atoms with van der Waals surface area (Å²) in [4.78, 5) is 5.54. The molecule has 5 unspecified atom stereocenters. The van der Waals surface area contributed by atoms with Crippen molar-refractivity contribution in [2.24, 2.45) is 11.8 Å². The Morgan fingerprint density at radius 2 is 1.40 bits per heavy atom. The van der Waals surface area contributed by atoms with Crippen molar-refractivity contribution in [3.05, 3.63) is 96.1 Å². The maximum atomic E-state index is 5.85. The molecule has 4 fully saturated rings. The molecule has 3 aliphatic heterocycles. The third kappa shape index (κ3) is 3.94. The van der Waals surface area contributed by atoms with Crippen LogP contribution in [0.4, 0.5) is 5.69 Å². The molecule has 4 aliphatic rings. The lowest BCUT2D eigenvalue weighted by Crippen LogP contribution is -2.71. The van der Waals surface area contributed by atoms with Crippen molar-refractivity contribution in [1.82, 2.24) is 4.90 Å². The standard InChI is InChI=1S/C32H38N2O/c1-33(28-19-11-12-20-29(28)35-2)31-26-21-22-34(27-18-10-9-17-25(26)27)32(31)30(23-13-5-3-6-14-23)24-15-7-4-8-16-24/h3-8,11-16,19-20,25-27,30-32H,9-10,17-18,21-22H2,1-2H3/t25?,26?,27?,31?,32-/m0/s1. The van der Waals surface area contributed by atoms with Gasteiger partial charge in [0.15, 0.2) is 0 Å². The Hall–Kier alpha value is -2.78. The highest BCUT2D eigenvalue weighted by Crippen LogP contribution is 2.53. The maximum absolute atomic E-state index is 5.85. The molecule has 3 saturated heterocycles. The van der Waals surface area contributed by atoms with Gasteiger partial charge in [-0.05, 0) is 60.9 Å². The summed E-state index contributed by atoms with van der Waals surface area (Å²) in [6.45, 7) is 1.23. The number of piperidine rings is 3. The van der Waals surface area contributed by atoms with Gasteiger partial charge in [0.25, 0.3) is 0 Å². The van der Waals surface area contributed by atoms with Crippen LogP contribution in [0.3, 0.4) is 0 Å². The van der Waals surface area contributed by atoms with Crippen LogP contribution < -0.4 is 9.64 Å². The van der Waals surface area contributed by atoms with Gasteiger partial charge in [0, 0.05) is 31.1 Å². The van der Waals surface area contributed by atoms with Crippen molar-refractivity contribution in [2.45, 2.75) is 56.1 Å². The van der Waals surface area contributed by atoms with Gasteiger partial charge < -0.3 is 9.64 Å². The van der Waals surface area contributed by atoms with Crippen molar-refractivity contribution >= 4 is 5.69 Å². The maximum Gasteiger partial charge on any atom is 0.142 e. The average molecular weight is 467 g/mol. The summed E-state index contributed by atoms with van der Waals surface area (Å²) in [5.41, 5.74) is 4.08. The molecular formula is C32H38N2O. The normalized spacial score (nSPS) is 29.6. The molecule has 182 valence electrons. The summed E-state index contributed by atoms with van der Waals surface area (Å²) in [6.07, 6.45) is 6.82. The van der Waals surface area contributed by atoms with Gasteiger partial charge in [-0.15, -0.1) is 0 Å². The second kappa shape index (κ2) is 9.70. The first-order chi connectivity index (χ1) is 17.3. The summed E-state index contributed by atoms with van der Waals surface area (Å²) in [7, 11) is 4.12.